The smallest absolute Gasteiger partial charge is 0.261 e. The maximum absolute atomic E-state index is 13.2. The van der Waals surface area contributed by atoms with E-state index in [1.165, 1.54) is 0 Å². The zero-order valence-corrected chi connectivity index (χ0v) is 17.8. The van der Waals surface area contributed by atoms with Crippen molar-refractivity contribution in [3.05, 3.63) is 76.1 Å². The Morgan fingerprint density at radius 1 is 1.10 bits per heavy atom. The van der Waals surface area contributed by atoms with Crippen molar-refractivity contribution in [2.45, 2.75) is 33.2 Å². The second-order valence-corrected chi connectivity index (χ2v) is 8.03. The Morgan fingerprint density at radius 3 is 2.58 bits per heavy atom. The fourth-order valence-electron chi connectivity index (χ4n) is 3.68. The third-order valence-electron chi connectivity index (χ3n) is 5.49. The molecule has 0 unspecified atom stereocenters. The van der Waals surface area contributed by atoms with Gasteiger partial charge in [0.2, 0.25) is 5.43 Å². The monoisotopic (exact) mass is 418 g/mol. The normalized spacial score (nSPS) is 14.4. The fourth-order valence-corrected chi connectivity index (χ4v) is 3.68. The number of nitrogens with one attached hydrogen (secondary N) is 1. The number of aryl methyl sites for hydroxylation is 2. The first-order valence-electron chi connectivity index (χ1n) is 10.5. The van der Waals surface area contributed by atoms with Crippen molar-refractivity contribution in [1.29, 1.82) is 0 Å². The molecule has 1 fully saturated rings. The van der Waals surface area contributed by atoms with Crippen LogP contribution < -0.4 is 10.7 Å². The number of nitrogens with zero attached hydrogens (tertiary/aromatic N) is 3. The Balaban J connectivity index is 1.71. The summed E-state index contributed by atoms with van der Waals surface area (Å²) in [6.07, 6.45) is 8.68. The lowest BCUT2D eigenvalue weighted by Crippen LogP contribution is -2.27. The molecule has 1 aliphatic rings. The molecule has 7 heteroatoms. The Bertz CT molecular complexity index is 1120. The number of amides is 1. The number of hydrogen-bond donors (Lipinski definition) is 1. The number of anilines is 1. The van der Waals surface area contributed by atoms with Gasteiger partial charge in [0.25, 0.3) is 5.91 Å². The largest absolute Gasteiger partial charge is 0.381 e. The Morgan fingerprint density at radius 2 is 1.90 bits per heavy atom. The lowest BCUT2D eigenvalue weighted by atomic mass is 10.00. The molecule has 0 bridgehead atoms. The van der Waals surface area contributed by atoms with Crippen LogP contribution in [0.5, 0.6) is 0 Å². The summed E-state index contributed by atoms with van der Waals surface area (Å²) in [6.45, 7) is 6.02. The first-order valence-corrected chi connectivity index (χ1v) is 10.5. The van der Waals surface area contributed by atoms with Gasteiger partial charge in [-0.05, 0) is 56.4 Å². The Hall–Kier alpha value is -3.32. The summed E-state index contributed by atoms with van der Waals surface area (Å²) in [5.74, 6) is -0.0161. The molecule has 0 spiro atoms. The van der Waals surface area contributed by atoms with E-state index in [0.717, 1.165) is 43.9 Å². The second kappa shape index (κ2) is 9.22. The molecule has 3 aromatic heterocycles. The van der Waals surface area contributed by atoms with Crippen molar-refractivity contribution < 1.29 is 9.53 Å². The van der Waals surface area contributed by atoms with E-state index in [1.807, 2.05) is 36.6 Å². The van der Waals surface area contributed by atoms with Crippen molar-refractivity contribution in [2.75, 3.05) is 18.5 Å². The summed E-state index contributed by atoms with van der Waals surface area (Å²) >= 11 is 0. The van der Waals surface area contributed by atoms with Crippen molar-refractivity contribution >= 4 is 11.6 Å². The molecule has 0 saturated carbocycles. The van der Waals surface area contributed by atoms with E-state index in [4.69, 9.17) is 4.74 Å². The molecule has 1 amide bonds. The van der Waals surface area contributed by atoms with Crippen LogP contribution in [0.1, 0.15) is 34.5 Å². The molecule has 31 heavy (non-hydrogen) atoms. The van der Waals surface area contributed by atoms with Crippen LogP contribution in [0.25, 0.3) is 11.3 Å². The summed E-state index contributed by atoms with van der Waals surface area (Å²) in [5, 5.41) is 2.79. The van der Waals surface area contributed by atoms with E-state index in [0.29, 0.717) is 22.9 Å². The van der Waals surface area contributed by atoms with Crippen molar-refractivity contribution in [3.63, 3.8) is 0 Å². The van der Waals surface area contributed by atoms with E-state index in [1.54, 1.807) is 30.9 Å². The maximum Gasteiger partial charge on any atom is 0.261 e. The average Bonchev–Trinajstić information content (AvgIpc) is 2.78. The first-order chi connectivity index (χ1) is 15.0. The molecular formula is C24H26N4O3. The van der Waals surface area contributed by atoms with Crippen LogP contribution in [-0.4, -0.2) is 33.7 Å². The van der Waals surface area contributed by atoms with Crippen LogP contribution >= 0.6 is 0 Å². The molecule has 0 aliphatic carbocycles. The first kappa shape index (κ1) is 20.9. The van der Waals surface area contributed by atoms with Crippen LogP contribution in [-0.2, 0) is 11.3 Å². The van der Waals surface area contributed by atoms with Gasteiger partial charge in [-0.3, -0.25) is 19.6 Å². The Labute approximate surface area is 181 Å². The summed E-state index contributed by atoms with van der Waals surface area (Å²) in [6, 6.07) is 7.31. The summed E-state index contributed by atoms with van der Waals surface area (Å²) in [4.78, 5) is 34.9. The van der Waals surface area contributed by atoms with Crippen molar-refractivity contribution in [1.82, 2.24) is 14.5 Å². The predicted octanol–water partition coefficient (Wildman–Crippen LogP) is 3.60. The van der Waals surface area contributed by atoms with Gasteiger partial charge >= 0.3 is 0 Å². The molecule has 1 N–H and O–H groups in total. The Kier molecular flexibility index (Phi) is 6.23. The lowest BCUT2D eigenvalue weighted by Gasteiger charge is -2.23. The number of pyridine rings is 3. The number of rotatable bonds is 5. The van der Waals surface area contributed by atoms with Crippen LogP contribution in [0.2, 0.25) is 0 Å². The van der Waals surface area contributed by atoms with Crippen molar-refractivity contribution in [3.8, 4) is 11.3 Å². The van der Waals surface area contributed by atoms with E-state index < -0.39 is 5.91 Å². The number of hydrogen-bond acceptors (Lipinski definition) is 5. The minimum Gasteiger partial charge on any atom is -0.381 e. The van der Waals surface area contributed by atoms with Crippen LogP contribution in [0.3, 0.4) is 0 Å². The molecule has 4 rings (SSSR count). The highest BCUT2D eigenvalue weighted by molar-refractivity contribution is 6.04. The summed E-state index contributed by atoms with van der Waals surface area (Å²) < 4.78 is 7.40. The third-order valence-corrected chi connectivity index (χ3v) is 5.49. The van der Waals surface area contributed by atoms with E-state index in [-0.39, 0.29) is 11.0 Å². The lowest BCUT2D eigenvalue weighted by molar-refractivity contribution is 0.0612. The summed E-state index contributed by atoms with van der Waals surface area (Å²) in [7, 11) is 0. The van der Waals surface area contributed by atoms with Crippen LogP contribution in [0.4, 0.5) is 5.69 Å². The highest BCUT2D eigenvalue weighted by atomic mass is 16.5. The van der Waals surface area contributed by atoms with Gasteiger partial charge in [-0.1, -0.05) is 6.07 Å². The number of carbonyl (C=O) groups is 1. The summed E-state index contributed by atoms with van der Waals surface area (Å²) in [5.41, 5.74) is 3.13. The standard InChI is InChI=1S/C24H26N4O3/c1-16-3-6-22(26-11-16)20-14-28(13-18-7-9-31-10-8-18)15-21(23(20)29)24(30)27-19-5-4-17(2)25-12-19/h3-6,11-12,14-15,18H,7-10,13H2,1-2H3,(H,27,30). The van der Waals surface area contributed by atoms with Gasteiger partial charge in [-0.2, -0.15) is 0 Å². The molecule has 3 aromatic rings. The average molecular weight is 418 g/mol. The van der Waals surface area contributed by atoms with Gasteiger partial charge in [0.05, 0.1) is 23.1 Å². The third kappa shape index (κ3) is 5.06. The minimum absolute atomic E-state index is 0.0903. The SMILES string of the molecule is Cc1ccc(-c2cn(CC3CCOCC3)cc(C(=O)Nc3ccc(C)nc3)c2=O)nc1. The molecule has 1 saturated heterocycles. The molecular weight excluding hydrogens is 392 g/mol. The van der Waals surface area contributed by atoms with Gasteiger partial charge in [0, 0.05) is 44.0 Å². The molecule has 1 aliphatic heterocycles. The molecule has 4 heterocycles. The zero-order valence-electron chi connectivity index (χ0n) is 17.8. The fraction of sp³-hybridized carbons (Fsp3) is 0.333. The molecule has 160 valence electrons. The van der Waals surface area contributed by atoms with Crippen LogP contribution in [0.15, 0.2) is 53.8 Å². The maximum atomic E-state index is 13.2. The highest BCUT2D eigenvalue weighted by Crippen LogP contribution is 2.20. The second-order valence-electron chi connectivity index (χ2n) is 8.03. The van der Waals surface area contributed by atoms with Crippen LogP contribution in [0, 0.1) is 19.8 Å². The van der Waals surface area contributed by atoms with Gasteiger partial charge in [-0.15, -0.1) is 0 Å². The van der Waals surface area contributed by atoms with Gasteiger partial charge in [0.15, 0.2) is 0 Å². The number of aromatic nitrogens is 3. The van der Waals surface area contributed by atoms with Crippen molar-refractivity contribution in [2.24, 2.45) is 5.92 Å². The molecule has 0 aromatic carbocycles. The molecule has 0 atom stereocenters. The quantitative estimate of drug-likeness (QED) is 0.684. The zero-order chi connectivity index (χ0) is 21.8. The molecule has 7 nitrogen and oxygen atoms in total. The molecule has 0 radical (unpaired) electrons. The highest BCUT2D eigenvalue weighted by Gasteiger charge is 2.20. The minimum atomic E-state index is -0.453. The number of ether oxygens (including phenoxy) is 1. The van der Waals surface area contributed by atoms with E-state index >= 15 is 0 Å². The van der Waals surface area contributed by atoms with Gasteiger partial charge in [0.1, 0.15) is 5.56 Å². The topological polar surface area (TPSA) is 86.1 Å². The number of carbonyl (C=O) groups excluding carboxylic acids is 1. The van der Waals surface area contributed by atoms with E-state index in [2.05, 4.69) is 15.3 Å². The predicted molar refractivity (Wildman–Crippen MR) is 119 cm³/mol. The van der Waals surface area contributed by atoms with E-state index in [9.17, 15) is 9.59 Å². The van der Waals surface area contributed by atoms with Gasteiger partial charge in [-0.25, -0.2) is 0 Å². The van der Waals surface area contributed by atoms with Gasteiger partial charge < -0.3 is 14.6 Å².